The molecule has 0 saturated heterocycles. The molecule has 1 nitrogen and oxygen atoms in total. The number of carbonyl (C=O) groups excluding carboxylic acids is 1. The van der Waals surface area contributed by atoms with E-state index < -0.39 is 0 Å². The molecule has 2 aromatic carbocycles. The molecule has 0 unspecified atom stereocenters. The summed E-state index contributed by atoms with van der Waals surface area (Å²) in [5, 5.41) is 0. The maximum absolute atomic E-state index is 12.7. The largest absolute Gasteiger partial charge is 0.294 e. The molecule has 0 bridgehead atoms. The highest BCUT2D eigenvalue weighted by Gasteiger charge is 2.26. The number of hydrogen-bond donors (Lipinski definition) is 0. The molecule has 0 fully saturated rings. The molecule has 0 N–H and O–H groups in total. The Morgan fingerprint density at radius 1 is 1.05 bits per heavy atom. The zero-order valence-corrected chi connectivity index (χ0v) is 11.8. The second kappa shape index (κ2) is 6.85. The molecule has 0 spiro atoms. The molecule has 102 valence electrons. The summed E-state index contributed by atoms with van der Waals surface area (Å²) in [5.74, 6) is 0.202. The van der Waals surface area contributed by atoms with Crippen molar-refractivity contribution in [1.29, 1.82) is 0 Å². The van der Waals surface area contributed by atoms with E-state index >= 15 is 0 Å². The van der Waals surface area contributed by atoms with Gasteiger partial charge in [0.25, 0.3) is 0 Å². The summed E-state index contributed by atoms with van der Waals surface area (Å²) in [6.07, 6.45) is 2.70. The molecule has 2 aromatic rings. The lowest BCUT2D eigenvalue weighted by Gasteiger charge is -2.23. The quantitative estimate of drug-likeness (QED) is 0.537. The van der Waals surface area contributed by atoms with Crippen LogP contribution in [0.25, 0.3) is 0 Å². The summed E-state index contributed by atoms with van der Waals surface area (Å²) >= 11 is 0. The number of Topliss-reactive ketones (excluding diaryl/α,β-unsaturated/α-hetero) is 1. The number of ketones is 1. The van der Waals surface area contributed by atoms with Crippen LogP contribution in [0.15, 0.2) is 73.3 Å². The maximum atomic E-state index is 12.7. The van der Waals surface area contributed by atoms with Gasteiger partial charge in [-0.1, -0.05) is 73.7 Å². The lowest BCUT2D eigenvalue weighted by Crippen LogP contribution is -2.21. The van der Waals surface area contributed by atoms with Crippen molar-refractivity contribution >= 4 is 5.78 Å². The third-order valence-electron chi connectivity index (χ3n) is 3.71. The van der Waals surface area contributed by atoms with Crippen LogP contribution in [0.5, 0.6) is 0 Å². The Hall–Kier alpha value is -2.15. The van der Waals surface area contributed by atoms with Crippen molar-refractivity contribution in [2.45, 2.75) is 19.3 Å². The highest BCUT2D eigenvalue weighted by molar-refractivity contribution is 5.98. The van der Waals surface area contributed by atoms with E-state index in [2.05, 4.69) is 25.6 Å². The van der Waals surface area contributed by atoms with E-state index in [1.807, 2.05) is 54.6 Å². The van der Waals surface area contributed by atoms with Gasteiger partial charge in [0.05, 0.1) is 0 Å². The highest BCUT2D eigenvalue weighted by atomic mass is 16.1. The topological polar surface area (TPSA) is 17.1 Å². The van der Waals surface area contributed by atoms with Crippen molar-refractivity contribution in [3.8, 4) is 0 Å². The summed E-state index contributed by atoms with van der Waals surface area (Å²) in [5.41, 5.74) is 1.93. The second-order valence-corrected chi connectivity index (χ2v) is 4.92. The van der Waals surface area contributed by atoms with Crippen LogP contribution >= 0.6 is 0 Å². The van der Waals surface area contributed by atoms with Gasteiger partial charge in [0.15, 0.2) is 5.78 Å². The Morgan fingerprint density at radius 2 is 1.60 bits per heavy atom. The fourth-order valence-electron chi connectivity index (χ4n) is 2.63. The van der Waals surface area contributed by atoms with Crippen LogP contribution in [0.3, 0.4) is 0 Å². The van der Waals surface area contributed by atoms with E-state index in [-0.39, 0.29) is 17.6 Å². The van der Waals surface area contributed by atoms with Crippen LogP contribution in [0, 0.1) is 5.92 Å². The smallest absolute Gasteiger partial charge is 0.166 e. The van der Waals surface area contributed by atoms with Gasteiger partial charge in [-0.2, -0.15) is 0 Å². The van der Waals surface area contributed by atoms with Crippen LogP contribution in [0.2, 0.25) is 0 Å². The predicted molar refractivity (Wildman–Crippen MR) is 83.9 cm³/mol. The molecule has 0 heterocycles. The average molecular weight is 264 g/mol. The summed E-state index contributed by atoms with van der Waals surface area (Å²) in [4.78, 5) is 12.7. The number of rotatable bonds is 6. The molecule has 0 radical (unpaired) electrons. The van der Waals surface area contributed by atoms with Crippen molar-refractivity contribution < 1.29 is 4.79 Å². The first-order valence-electron chi connectivity index (χ1n) is 7.04. The minimum absolute atomic E-state index is 0.0581. The Bertz CT molecular complexity index is 557. The predicted octanol–water partition coefficient (Wildman–Crippen LogP) is 4.87. The lowest BCUT2D eigenvalue weighted by atomic mass is 9.80. The van der Waals surface area contributed by atoms with Crippen LogP contribution < -0.4 is 0 Å². The molecule has 0 amide bonds. The molecule has 2 rings (SSSR count). The standard InChI is InChI=1S/C19H20O/c1-3-17(15-11-7-5-8-12-15)18(4-2)19(20)16-13-9-6-10-14-16/h3,5-14,17-18H,1,4H2,2H3/t17-,18+/m1/s1. The first-order valence-corrected chi connectivity index (χ1v) is 7.04. The van der Waals surface area contributed by atoms with Crippen molar-refractivity contribution in [1.82, 2.24) is 0 Å². The van der Waals surface area contributed by atoms with Crippen LogP contribution in [-0.4, -0.2) is 5.78 Å². The summed E-state index contributed by atoms with van der Waals surface area (Å²) < 4.78 is 0. The van der Waals surface area contributed by atoms with Crippen LogP contribution in [0.4, 0.5) is 0 Å². The van der Waals surface area contributed by atoms with Crippen molar-refractivity contribution in [3.05, 3.63) is 84.4 Å². The van der Waals surface area contributed by atoms with Gasteiger partial charge < -0.3 is 0 Å². The minimum atomic E-state index is -0.0581. The third kappa shape index (κ3) is 3.05. The van der Waals surface area contributed by atoms with Gasteiger partial charge in [-0.3, -0.25) is 4.79 Å². The van der Waals surface area contributed by atoms with Crippen molar-refractivity contribution in [2.24, 2.45) is 5.92 Å². The van der Waals surface area contributed by atoms with Crippen LogP contribution in [-0.2, 0) is 0 Å². The number of benzene rings is 2. The van der Waals surface area contributed by atoms with Gasteiger partial charge >= 0.3 is 0 Å². The first kappa shape index (κ1) is 14.3. The Balaban J connectivity index is 2.31. The summed E-state index contributed by atoms with van der Waals surface area (Å²) in [7, 11) is 0. The molecular weight excluding hydrogens is 244 g/mol. The average Bonchev–Trinajstić information content (AvgIpc) is 2.53. The third-order valence-corrected chi connectivity index (χ3v) is 3.71. The molecule has 0 aliphatic rings. The van der Waals surface area contributed by atoms with Crippen LogP contribution in [0.1, 0.15) is 35.2 Å². The fraction of sp³-hybridized carbons (Fsp3) is 0.211. The molecule has 0 saturated carbocycles. The van der Waals surface area contributed by atoms with E-state index in [1.54, 1.807) is 0 Å². The van der Waals surface area contributed by atoms with Gasteiger partial charge in [-0.25, -0.2) is 0 Å². The molecular formula is C19H20O. The van der Waals surface area contributed by atoms with Gasteiger partial charge in [0.1, 0.15) is 0 Å². The molecule has 1 heteroatoms. The van der Waals surface area contributed by atoms with E-state index in [1.165, 1.54) is 0 Å². The van der Waals surface area contributed by atoms with E-state index in [4.69, 9.17) is 0 Å². The Kier molecular flexibility index (Phi) is 4.89. The monoisotopic (exact) mass is 264 g/mol. The fourth-order valence-corrected chi connectivity index (χ4v) is 2.63. The molecule has 0 aliphatic heterocycles. The second-order valence-electron chi connectivity index (χ2n) is 4.92. The van der Waals surface area contributed by atoms with E-state index in [0.717, 1.165) is 17.5 Å². The molecule has 20 heavy (non-hydrogen) atoms. The van der Waals surface area contributed by atoms with Gasteiger partial charge in [0.2, 0.25) is 0 Å². The zero-order chi connectivity index (χ0) is 14.4. The summed E-state index contributed by atoms with van der Waals surface area (Å²) in [6, 6.07) is 19.6. The van der Waals surface area contributed by atoms with Crippen molar-refractivity contribution in [3.63, 3.8) is 0 Å². The van der Waals surface area contributed by atoms with Gasteiger partial charge in [-0.15, -0.1) is 6.58 Å². The SMILES string of the molecule is C=C[C@H](c1ccccc1)[C@H](CC)C(=O)c1ccccc1. The van der Waals surface area contributed by atoms with Crippen molar-refractivity contribution in [2.75, 3.05) is 0 Å². The maximum Gasteiger partial charge on any atom is 0.166 e. The molecule has 0 aromatic heterocycles. The van der Waals surface area contributed by atoms with Gasteiger partial charge in [0, 0.05) is 17.4 Å². The Morgan fingerprint density at radius 3 is 2.10 bits per heavy atom. The first-order chi connectivity index (χ1) is 9.77. The Labute approximate surface area is 121 Å². The molecule has 2 atom stereocenters. The highest BCUT2D eigenvalue weighted by Crippen LogP contribution is 2.30. The lowest BCUT2D eigenvalue weighted by molar-refractivity contribution is 0.0906. The zero-order valence-electron chi connectivity index (χ0n) is 11.8. The normalized spacial score (nSPS) is 13.4. The van der Waals surface area contributed by atoms with E-state index in [0.29, 0.717) is 0 Å². The summed E-state index contributed by atoms with van der Waals surface area (Å²) in [6.45, 7) is 5.99. The number of allylic oxidation sites excluding steroid dienone is 1. The minimum Gasteiger partial charge on any atom is -0.294 e. The van der Waals surface area contributed by atoms with E-state index in [9.17, 15) is 4.79 Å². The molecule has 0 aliphatic carbocycles. The number of hydrogen-bond acceptors (Lipinski definition) is 1. The van der Waals surface area contributed by atoms with Gasteiger partial charge in [-0.05, 0) is 12.0 Å². The number of carbonyl (C=O) groups is 1.